The third kappa shape index (κ3) is 3.84. The van der Waals surface area contributed by atoms with E-state index in [9.17, 15) is 14.9 Å². The maximum absolute atomic E-state index is 11.8. The predicted molar refractivity (Wildman–Crippen MR) is 86.0 cm³/mol. The number of amides is 1. The number of carbonyl (C=O) groups is 1. The van der Waals surface area contributed by atoms with Gasteiger partial charge in [-0.1, -0.05) is 22.0 Å². The van der Waals surface area contributed by atoms with E-state index >= 15 is 0 Å². The van der Waals surface area contributed by atoms with Crippen LogP contribution in [0.15, 0.2) is 47.1 Å². The number of hydrogen-bond donors (Lipinski definition) is 1. The van der Waals surface area contributed by atoms with Gasteiger partial charge >= 0.3 is 0 Å². The summed E-state index contributed by atoms with van der Waals surface area (Å²) in [5.74, 6) is 0.114. The summed E-state index contributed by atoms with van der Waals surface area (Å²) in [5, 5.41) is 13.2. The molecule has 0 spiro atoms. The van der Waals surface area contributed by atoms with Crippen molar-refractivity contribution in [2.45, 2.75) is 12.5 Å². The molecule has 0 aliphatic heterocycles. The van der Waals surface area contributed by atoms with Crippen molar-refractivity contribution in [3.8, 4) is 11.6 Å². The molecule has 1 aliphatic carbocycles. The zero-order valence-corrected chi connectivity index (χ0v) is 13.4. The van der Waals surface area contributed by atoms with Crippen LogP contribution in [0.4, 0.5) is 5.69 Å². The van der Waals surface area contributed by atoms with Crippen LogP contribution in [0.5, 0.6) is 11.6 Å². The Morgan fingerprint density at radius 2 is 2.22 bits per heavy atom. The molecule has 1 aliphatic rings. The van der Waals surface area contributed by atoms with Gasteiger partial charge in [0.05, 0.1) is 11.9 Å². The molecule has 3 rings (SSSR count). The number of carbonyl (C=O) groups excluding carboxylic acids is 1. The van der Waals surface area contributed by atoms with Gasteiger partial charge in [0.15, 0.2) is 0 Å². The maximum Gasteiger partial charge on any atom is 0.234 e. The standard InChI is InChI=1S/C15H12BrN3O4/c16-9-2-1-3-11(6-9)23-14-5-4-10(8-17-14)18-15(20)12-7-13(12)19(21)22/h1-6,8,12-13H,7H2,(H,18,20)/t12-,13-/m1/s1. The van der Waals surface area contributed by atoms with Crippen molar-refractivity contribution in [2.24, 2.45) is 5.92 Å². The van der Waals surface area contributed by atoms with Crippen molar-refractivity contribution in [2.75, 3.05) is 5.32 Å². The Balaban J connectivity index is 1.59. The van der Waals surface area contributed by atoms with Gasteiger partial charge in [-0.25, -0.2) is 4.98 Å². The molecule has 1 amide bonds. The van der Waals surface area contributed by atoms with Gasteiger partial charge < -0.3 is 10.1 Å². The van der Waals surface area contributed by atoms with Crippen LogP contribution in [0.25, 0.3) is 0 Å². The number of nitro groups is 1. The number of rotatable bonds is 5. The average molecular weight is 378 g/mol. The number of ether oxygens (including phenoxy) is 1. The number of aromatic nitrogens is 1. The average Bonchev–Trinajstić information content (AvgIpc) is 3.30. The van der Waals surface area contributed by atoms with Crippen LogP contribution in [0.3, 0.4) is 0 Å². The van der Waals surface area contributed by atoms with E-state index in [0.717, 1.165) is 4.47 Å². The summed E-state index contributed by atoms with van der Waals surface area (Å²) >= 11 is 3.35. The minimum Gasteiger partial charge on any atom is -0.439 e. The number of hydrogen-bond acceptors (Lipinski definition) is 5. The lowest BCUT2D eigenvalue weighted by molar-refractivity contribution is -0.497. The summed E-state index contributed by atoms with van der Waals surface area (Å²) in [6.07, 6.45) is 1.74. The van der Waals surface area contributed by atoms with E-state index in [1.165, 1.54) is 6.20 Å². The fourth-order valence-corrected chi connectivity index (χ4v) is 2.48. The second-order valence-corrected chi connectivity index (χ2v) is 6.04. The predicted octanol–water partition coefficient (Wildman–Crippen LogP) is 3.24. The minimum atomic E-state index is -0.762. The SMILES string of the molecule is O=C(Nc1ccc(Oc2cccc(Br)c2)nc1)[C@@H]1C[C@H]1[N+](=O)[O-]. The Labute approximate surface area is 140 Å². The van der Waals surface area contributed by atoms with Crippen molar-refractivity contribution in [1.29, 1.82) is 0 Å². The smallest absolute Gasteiger partial charge is 0.234 e. The highest BCUT2D eigenvalue weighted by molar-refractivity contribution is 9.10. The van der Waals surface area contributed by atoms with Gasteiger partial charge in [0.1, 0.15) is 11.7 Å². The minimum absolute atomic E-state index is 0.288. The molecule has 0 radical (unpaired) electrons. The van der Waals surface area contributed by atoms with E-state index in [2.05, 4.69) is 26.2 Å². The Morgan fingerprint density at radius 1 is 1.39 bits per heavy atom. The monoisotopic (exact) mass is 377 g/mol. The van der Waals surface area contributed by atoms with Gasteiger partial charge in [-0.05, 0) is 24.3 Å². The van der Waals surface area contributed by atoms with Gasteiger partial charge in [0.2, 0.25) is 17.8 Å². The highest BCUT2D eigenvalue weighted by atomic mass is 79.9. The van der Waals surface area contributed by atoms with Crippen LogP contribution in [-0.2, 0) is 4.79 Å². The van der Waals surface area contributed by atoms with Crippen molar-refractivity contribution < 1.29 is 14.5 Å². The first-order valence-electron chi connectivity index (χ1n) is 6.87. The summed E-state index contributed by atoms with van der Waals surface area (Å²) in [6, 6.07) is 9.83. The van der Waals surface area contributed by atoms with E-state index in [-0.39, 0.29) is 12.3 Å². The summed E-state index contributed by atoms with van der Waals surface area (Å²) < 4.78 is 6.48. The molecule has 2 aromatic rings. The van der Waals surface area contributed by atoms with Gasteiger partial charge in [0, 0.05) is 21.9 Å². The molecule has 2 atom stereocenters. The summed E-state index contributed by atoms with van der Waals surface area (Å²) in [5.41, 5.74) is 0.477. The third-order valence-electron chi connectivity index (χ3n) is 3.39. The molecule has 118 valence electrons. The van der Waals surface area contributed by atoms with Crippen molar-refractivity contribution >= 4 is 27.5 Å². The summed E-state index contributed by atoms with van der Waals surface area (Å²) in [6.45, 7) is 0. The van der Waals surface area contributed by atoms with Crippen molar-refractivity contribution in [1.82, 2.24) is 4.98 Å². The van der Waals surface area contributed by atoms with Crippen molar-refractivity contribution in [3.63, 3.8) is 0 Å². The number of anilines is 1. The second-order valence-electron chi connectivity index (χ2n) is 5.13. The lowest BCUT2D eigenvalue weighted by Gasteiger charge is -2.07. The van der Waals surface area contributed by atoms with Gasteiger partial charge in [0.25, 0.3) is 0 Å². The number of halogens is 1. The largest absolute Gasteiger partial charge is 0.439 e. The topological polar surface area (TPSA) is 94.4 Å². The molecule has 23 heavy (non-hydrogen) atoms. The highest BCUT2D eigenvalue weighted by Crippen LogP contribution is 2.34. The Morgan fingerprint density at radius 3 is 2.83 bits per heavy atom. The van der Waals surface area contributed by atoms with E-state index in [1.54, 1.807) is 18.2 Å². The van der Waals surface area contributed by atoms with Crippen molar-refractivity contribution in [3.05, 3.63) is 57.2 Å². The molecular weight excluding hydrogens is 366 g/mol. The molecule has 1 fully saturated rings. The Bertz CT molecular complexity index is 751. The quantitative estimate of drug-likeness (QED) is 0.637. The number of pyridine rings is 1. The Hall–Kier alpha value is -2.48. The number of nitrogens with zero attached hydrogens (tertiary/aromatic N) is 2. The van der Waals surface area contributed by atoms with E-state index in [0.29, 0.717) is 17.3 Å². The number of nitrogens with one attached hydrogen (secondary N) is 1. The molecule has 0 unspecified atom stereocenters. The van der Waals surface area contributed by atoms with Crippen LogP contribution in [0.1, 0.15) is 6.42 Å². The molecule has 0 bridgehead atoms. The number of benzene rings is 1. The van der Waals surface area contributed by atoms with Gasteiger partial charge in [-0.2, -0.15) is 0 Å². The second kappa shape index (κ2) is 6.33. The molecule has 1 aromatic heterocycles. The normalized spacial score (nSPS) is 19.0. The summed E-state index contributed by atoms with van der Waals surface area (Å²) in [4.78, 5) is 26.1. The lowest BCUT2D eigenvalue weighted by Crippen LogP contribution is -2.18. The molecule has 1 saturated carbocycles. The lowest BCUT2D eigenvalue weighted by atomic mass is 10.3. The van der Waals surface area contributed by atoms with E-state index in [4.69, 9.17) is 4.74 Å². The first-order valence-corrected chi connectivity index (χ1v) is 7.66. The van der Waals surface area contributed by atoms with Crippen LogP contribution in [-0.4, -0.2) is 21.9 Å². The Kier molecular flexibility index (Phi) is 4.24. The highest BCUT2D eigenvalue weighted by Gasteiger charge is 2.53. The molecule has 1 N–H and O–H groups in total. The molecular formula is C15H12BrN3O4. The molecule has 8 heteroatoms. The fourth-order valence-electron chi connectivity index (χ4n) is 2.10. The molecule has 0 saturated heterocycles. The van der Waals surface area contributed by atoms with Crippen LogP contribution in [0, 0.1) is 16.0 Å². The van der Waals surface area contributed by atoms with E-state index in [1.807, 2.05) is 18.2 Å². The third-order valence-corrected chi connectivity index (χ3v) is 3.88. The molecule has 7 nitrogen and oxygen atoms in total. The van der Waals surface area contributed by atoms with Gasteiger partial charge in [-0.3, -0.25) is 14.9 Å². The van der Waals surface area contributed by atoms with Crippen LogP contribution < -0.4 is 10.1 Å². The van der Waals surface area contributed by atoms with Crippen LogP contribution >= 0.6 is 15.9 Å². The first kappa shape index (κ1) is 15.4. The first-order chi connectivity index (χ1) is 11.0. The molecule has 1 aromatic carbocycles. The fraction of sp³-hybridized carbons (Fsp3) is 0.200. The van der Waals surface area contributed by atoms with Crippen LogP contribution in [0.2, 0.25) is 0 Å². The van der Waals surface area contributed by atoms with Gasteiger partial charge in [-0.15, -0.1) is 0 Å². The maximum atomic E-state index is 11.8. The molecule has 1 heterocycles. The van der Waals surface area contributed by atoms with E-state index < -0.39 is 16.9 Å². The zero-order valence-electron chi connectivity index (χ0n) is 11.8. The summed E-state index contributed by atoms with van der Waals surface area (Å²) in [7, 11) is 0. The zero-order chi connectivity index (χ0) is 16.4.